The summed E-state index contributed by atoms with van der Waals surface area (Å²) in [7, 11) is 0. The van der Waals surface area contributed by atoms with Crippen LogP contribution in [-0.2, 0) is 16.1 Å². The number of amides is 2. The van der Waals surface area contributed by atoms with Gasteiger partial charge in [0.2, 0.25) is 5.91 Å². The summed E-state index contributed by atoms with van der Waals surface area (Å²) in [6, 6.07) is 11.0. The summed E-state index contributed by atoms with van der Waals surface area (Å²) in [5.74, 6) is -0.523. The number of halogens is 1. The maximum atomic E-state index is 14.1. The summed E-state index contributed by atoms with van der Waals surface area (Å²) >= 11 is 0. The van der Waals surface area contributed by atoms with Crippen LogP contribution in [0.5, 0.6) is 5.75 Å². The van der Waals surface area contributed by atoms with Gasteiger partial charge in [-0.1, -0.05) is 24.3 Å². The van der Waals surface area contributed by atoms with Gasteiger partial charge in [0.1, 0.15) is 17.6 Å². The molecule has 2 aromatic rings. The number of aryl methyl sites for hydroxylation is 2. The van der Waals surface area contributed by atoms with E-state index >= 15 is 0 Å². The van der Waals surface area contributed by atoms with Gasteiger partial charge in [-0.15, -0.1) is 0 Å². The van der Waals surface area contributed by atoms with E-state index in [0.717, 1.165) is 11.1 Å². The standard InChI is InChI=1S/C22H27FN2O3/c1-5-24-22(27)17(4)25(13-18-8-6-7-9-20(18)23)21(26)14-28-19-11-10-15(2)16(3)12-19/h6-12,17H,5,13-14H2,1-4H3,(H,24,27)/t17-/m0/s1. The maximum Gasteiger partial charge on any atom is 0.261 e. The third-order valence-electron chi connectivity index (χ3n) is 4.66. The molecule has 0 bridgehead atoms. The van der Waals surface area contributed by atoms with Crippen molar-refractivity contribution in [3.05, 3.63) is 65.0 Å². The van der Waals surface area contributed by atoms with Crippen molar-refractivity contribution in [2.75, 3.05) is 13.2 Å². The number of rotatable bonds is 8. The minimum absolute atomic E-state index is 0.0138. The molecule has 1 N–H and O–H groups in total. The number of nitrogens with one attached hydrogen (secondary N) is 1. The minimum Gasteiger partial charge on any atom is -0.484 e. The molecule has 0 aliphatic carbocycles. The van der Waals surface area contributed by atoms with E-state index in [0.29, 0.717) is 17.9 Å². The summed E-state index contributed by atoms with van der Waals surface area (Å²) in [5.41, 5.74) is 2.53. The Hall–Kier alpha value is -2.89. The van der Waals surface area contributed by atoms with Crippen molar-refractivity contribution in [2.45, 2.75) is 40.3 Å². The minimum atomic E-state index is -0.754. The largest absolute Gasteiger partial charge is 0.484 e. The van der Waals surface area contributed by atoms with Gasteiger partial charge in [-0.05, 0) is 57.0 Å². The number of carbonyl (C=O) groups is 2. The second kappa shape index (κ2) is 9.88. The van der Waals surface area contributed by atoms with Crippen molar-refractivity contribution < 1.29 is 18.7 Å². The van der Waals surface area contributed by atoms with Crippen molar-refractivity contribution in [1.82, 2.24) is 10.2 Å². The zero-order valence-electron chi connectivity index (χ0n) is 16.8. The molecule has 28 heavy (non-hydrogen) atoms. The van der Waals surface area contributed by atoms with E-state index in [1.54, 1.807) is 38.1 Å². The SMILES string of the molecule is CCNC(=O)[C@H](C)N(Cc1ccccc1F)C(=O)COc1ccc(C)c(C)c1. The molecule has 0 unspecified atom stereocenters. The molecule has 1 atom stereocenters. The molecule has 2 rings (SSSR count). The van der Waals surface area contributed by atoms with E-state index < -0.39 is 11.9 Å². The first-order valence-corrected chi connectivity index (χ1v) is 9.34. The number of hydrogen-bond acceptors (Lipinski definition) is 3. The highest BCUT2D eigenvalue weighted by atomic mass is 19.1. The first-order chi connectivity index (χ1) is 13.3. The lowest BCUT2D eigenvalue weighted by molar-refractivity contribution is -0.142. The van der Waals surface area contributed by atoms with Crippen molar-refractivity contribution in [1.29, 1.82) is 0 Å². The van der Waals surface area contributed by atoms with Gasteiger partial charge in [0.15, 0.2) is 6.61 Å². The molecule has 0 heterocycles. The van der Waals surface area contributed by atoms with Gasteiger partial charge < -0.3 is 15.0 Å². The van der Waals surface area contributed by atoms with E-state index in [2.05, 4.69) is 5.32 Å². The van der Waals surface area contributed by atoms with E-state index in [4.69, 9.17) is 4.74 Å². The molecule has 0 radical (unpaired) electrons. The van der Waals surface area contributed by atoms with E-state index in [1.807, 2.05) is 26.0 Å². The normalized spacial score (nSPS) is 11.6. The molecule has 2 aromatic carbocycles. The second-order valence-electron chi connectivity index (χ2n) is 6.72. The Kier molecular flexibility index (Phi) is 7.55. The van der Waals surface area contributed by atoms with Crippen molar-refractivity contribution in [2.24, 2.45) is 0 Å². The fourth-order valence-corrected chi connectivity index (χ4v) is 2.75. The average molecular weight is 386 g/mol. The Morgan fingerprint density at radius 2 is 1.86 bits per heavy atom. The van der Waals surface area contributed by atoms with Gasteiger partial charge in [-0.2, -0.15) is 0 Å². The van der Waals surface area contributed by atoms with Crippen LogP contribution in [0.25, 0.3) is 0 Å². The Labute approximate surface area is 165 Å². The van der Waals surface area contributed by atoms with E-state index in [-0.39, 0.29) is 25.0 Å². The van der Waals surface area contributed by atoms with E-state index in [1.165, 1.54) is 11.0 Å². The fourth-order valence-electron chi connectivity index (χ4n) is 2.75. The molecule has 150 valence electrons. The third-order valence-corrected chi connectivity index (χ3v) is 4.66. The van der Waals surface area contributed by atoms with Crippen molar-refractivity contribution in [3.8, 4) is 5.75 Å². The van der Waals surface area contributed by atoms with Crippen LogP contribution in [0.3, 0.4) is 0 Å². The van der Waals surface area contributed by atoms with Crippen LogP contribution in [0.1, 0.15) is 30.5 Å². The summed E-state index contributed by atoms with van der Waals surface area (Å²) in [5, 5.41) is 2.70. The van der Waals surface area contributed by atoms with Crippen LogP contribution in [0.15, 0.2) is 42.5 Å². The Morgan fingerprint density at radius 3 is 2.50 bits per heavy atom. The lowest BCUT2D eigenvalue weighted by Crippen LogP contribution is -2.49. The number of nitrogens with zero attached hydrogens (tertiary/aromatic N) is 1. The zero-order valence-corrected chi connectivity index (χ0v) is 16.8. The van der Waals surface area contributed by atoms with Gasteiger partial charge in [-0.3, -0.25) is 9.59 Å². The second-order valence-corrected chi connectivity index (χ2v) is 6.72. The highest BCUT2D eigenvalue weighted by Crippen LogP contribution is 2.17. The quantitative estimate of drug-likeness (QED) is 0.757. The van der Waals surface area contributed by atoms with Gasteiger partial charge in [-0.25, -0.2) is 4.39 Å². The molecule has 5 nitrogen and oxygen atoms in total. The monoisotopic (exact) mass is 386 g/mol. The highest BCUT2D eigenvalue weighted by Gasteiger charge is 2.27. The zero-order chi connectivity index (χ0) is 20.7. The molecule has 0 aliphatic heterocycles. The average Bonchev–Trinajstić information content (AvgIpc) is 2.67. The fraction of sp³-hybridized carbons (Fsp3) is 0.364. The van der Waals surface area contributed by atoms with Crippen LogP contribution in [0.4, 0.5) is 4.39 Å². The molecule has 2 amide bonds. The number of benzene rings is 2. The van der Waals surface area contributed by atoms with Gasteiger partial charge in [0.05, 0.1) is 0 Å². The van der Waals surface area contributed by atoms with Gasteiger partial charge >= 0.3 is 0 Å². The molecular formula is C22H27FN2O3. The summed E-state index contributed by atoms with van der Waals surface area (Å²) in [6.07, 6.45) is 0. The Morgan fingerprint density at radius 1 is 1.14 bits per heavy atom. The first-order valence-electron chi connectivity index (χ1n) is 9.34. The number of likely N-dealkylation sites (N-methyl/N-ethyl adjacent to an activating group) is 1. The Bertz CT molecular complexity index is 838. The van der Waals surface area contributed by atoms with Crippen LogP contribution >= 0.6 is 0 Å². The summed E-state index contributed by atoms with van der Waals surface area (Å²) in [4.78, 5) is 26.5. The predicted molar refractivity (Wildman–Crippen MR) is 107 cm³/mol. The summed E-state index contributed by atoms with van der Waals surface area (Å²) < 4.78 is 19.7. The molecule has 0 fully saturated rings. The van der Waals surface area contributed by atoms with Crippen LogP contribution in [0, 0.1) is 19.7 Å². The first kappa shape index (κ1) is 21.4. The smallest absolute Gasteiger partial charge is 0.261 e. The third kappa shape index (κ3) is 5.55. The molecule has 0 aromatic heterocycles. The predicted octanol–water partition coefficient (Wildman–Crippen LogP) is 3.37. The number of carbonyl (C=O) groups excluding carboxylic acids is 2. The van der Waals surface area contributed by atoms with Crippen LogP contribution in [-0.4, -0.2) is 35.9 Å². The number of ether oxygens (including phenoxy) is 1. The molecule has 6 heteroatoms. The molecule has 0 spiro atoms. The molecule has 0 saturated heterocycles. The van der Waals surface area contributed by atoms with Crippen LogP contribution < -0.4 is 10.1 Å². The summed E-state index contributed by atoms with van der Waals surface area (Å²) in [6.45, 7) is 7.58. The number of hydrogen-bond donors (Lipinski definition) is 1. The molecular weight excluding hydrogens is 359 g/mol. The maximum absolute atomic E-state index is 14.1. The highest BCUT2D eigenvalue weighted by molar-refractivity contribution is 5.87. The van der Waals surface area contributed by atoms with E-state index in [9.17, 15) is 14.0 Å². The van der Waals surface area contributed by atoms with Gasteiger partial charge in [0, 0.05) is 18.7 Å². The lowest BCUT2D eigenvalue weighted by Gasteiger charge is -2.28. The van der Waals surface area contributed by atoms with Crippen LogP contribution in [0.2, 0.25) is 0 Å². The molecule has 0 aliphatic rings. The lowest BCUT2D eigenvalue weighted by atomic mass is 10.1. The van der Waals surface area contributed by atoms with Crippen molar-refractivity contribution in [3.63, 3.8) is 0 Å². The molecule has 0 saturated carbocycles. The van der Waals surface area contributed by atoms with Crippen molar-refractivity contribution >= 4 is 11.8 Å². The Balaban J connectivity index is 2.16. The van der Waals surface area contributed by atoms with Gasteiger partial charge in [0.25, 0.3) is 5.91 Å². The topological polar surface area (TPSA) is 58.6 Å².